The van der Waals surface area contributed by atoms with Crippen molar-refractivity contribution in [3.05, 3.63) is 144 Å². The van der Waals surface area contributed by atoms with Gasteiger partial charge in [-0.1, -0.05) is 121 Å². The van der Waals surface area contributed by atoms with E-state index in [0.717, 1.165) is 22.3 Å². The lowest BCUT2D eigenvalue weighted by Crippen LogP contribution is -2.61. The van der Waals surface area contributed by atoms with E-state index in [-0.39, 0.29) is 6.61 Å². The molecule has 0 amide bonds. The molecule has 1 aliphatic rings. The normalized spacial score (nSPS) is 23.1. The van der Waals surface area contributed by atoms with Crippen LogP contribution in [0.3, 0.4) is 0 Å². The molecule has 0 bridgehead atoms. The fourth-order valence-corrected chi connectivity index (χ4v) is 5.49. The van der Waals surface area contributed by atoms with Gasteiger partial charge in [-0.25, -0.2) is 0 Å². The molecule has 0 spiro atoms. The second kappa shape index (κ2) is 13.3. The average molecular weight is 541 g/mol. The van der Waals surface area contributed by atoms with Crippen molar-refractivity contribution in [2.45, 2.75) is 42.9 Å². The van der Waals surface area contributed by atoms with Gasteiger partial charge in [-0.05, 0) is 22.3 Å². The number of ether oxygens (including phenoxy) is 5. The molecule has 0 radical (unpaired) electrons. The van der Waals surface area contributed by atoms with Crippen molar-refractivity contribution in [2.24, 2.45) is 0 Å². The van der Waals surface area contributed by atoms with Gasteiger partial charge in [-0.15, -0.1) is 0 Å². The van der Waals surface area contributed by atoms with Crippen LogP contribution in [0.15, 0.2) is 121 Å². The van der Waals surface area contributed by atoms with Crippen LogP contribution < -0.4 is 0 Å². The van der Waals surface area contributed by atoms with Gasteiger partial charge in [-0.3, -0.25) is 0 Å². The number of benzene rings is 4. The molecule has 4 aromatic rings. The topological polar surface area (TPSA) is 66.4 Å². The molecular weight excluding hydrogens is 504 g/mol. The third-order valence-corrected chi connectivity index (χ3v) is 7.44. The van der Waals surface area contributed by atoms with Gasteiger partial charge in [0.2, 0.25) is 0 Å². The Balaban J connectivity index is 1.52. The monoisotopic (exact) mass is 540 g/mol. The lowest BCUT2D eigenvalue weighted by Gasteiger charge is -2.45. The van der Waals surface area contributed by atoms with Crippen LogP contribution in [-0.4, -0.2) is 56.6 Å². The third-order valence-electron chi connectivity index (χ3n) is 7.44. The van der Waals surface area contributed by atoms with Crippen molar-refractivity contribution >= 4 is 0 Å². The summed E-state index contributed by atoms with van der Waals surface area (Å²) >= 11 is 0. The minimum absolute atomic E-state index is 0.117. The quantitative estimate of drug-likeness (QED) is 0.260. The van der Waals surface area contributed by atoms with E-state index < -0.39 is 36.3 Å². The van der Waals surface area contributed by atoms with Crippen LogP contribution in [-0.2, 0) is 35.9 Å². The van der Waals surface area contributed by atoms with E-state index >= 15 is 0 Å². The highest BCUT2D eigenvalue weighted by atomic mass is 16.7. The van der Waals surface area contributed by atoms with Gasteiger partial charge < -0.3 is 28.8 Å². The third kappa shape index (κ3) is 5.88. The van der Waals surface area contributed by atoms with Gasteiger partial charge in [0.1, 0.15) is 30.0 Å². The van der Waals surface area contributed by atoms with Gasteiger partial charge in [-0.2, -0.15) is 0 Å². The Morgan fingerprint density at radius 3 is 1.52 bits per heavy atom. The molecule has 1 saturated heterocycles. The Morgan fingerprint density at radius 1 is 0.625 bits per heavy atom. The Labute approximate surface area is 236 Å². The largest absolute Gasteiger partial charge is 0.376 e. The summed E-state index contributed by atoms with van der Waals surface area (Å²) in [6.45, 7) is 0.463. The van der Waals surface area contributed by atoms with Crippen LogP contribution >= 0.6 is 0 Å². The fourth-order valence-electron chi connectivity index (χ4n) is 5.49. The van der Waals surface area contributed by atoms with E-state index in [1.165, 1.54) is 7.11 Å². The highest BCUT2D eigenvalue weighted by Crippen LogP contribution is 2.41. The molecule has 0 aromatic heterocycles. The average Bonchev–Trinajstić information content (AvgIpc) is 3.02. The Morgan fingerprint density at radius 2 is 1.07 bits per heavy atom. The van der Waals surface area contributed by atoms with Crippen LogP contribution in [0.5, 0.6) is 0 Å². The van der Waals surface area contributed by atoms with Crippen LogP contribution in [0.25, 0.3) is 0 Å². The first-order chi connectivity index (χ1) is 19.7. The molecule has 6 nitrogen and oxygen atoms in total. The van der Waals surface area contributed by atoms with E-state index in [1.54, 1.807) is 7.11 Å². The maximum atomic E-state index is 10.9. The number of aliphatic hydroxyl groups is 1. The number of rotatable bonds is 11. The predicted octanol–water partition coefficient (Wildman–Crippen LogP) is 5.33. The Hall–Kier alpha value is -3.36. The van der Waals surface area contributed by atoms with Gasteiger partial charge in [0.25, 0.3) is 0 Å². The predicted molar refractivity (Wildman–Crippen MR) is 153 cm³/mol. The highest BCUT2D eigenvalue weighted by Gasteiger charge is 2.48. The molecule has 5 rings (SSSR count). The smallest absolute Gasteiger partial charge is 0.184 e. The molecular formula is C34H36O6. The molecule has 1 fully saturated rings. The molecule has 5 atom stereocenters. The zero-order valence-electron chi connectivity index (χ0n) is 22.8. The molecule has 6 heteroatoms. The van der Waals surface area contributed by atoms with Gasteiger partial charge in [0.05, 0.1) is 13.2 Å². The number of aliphatic hydroxyl groups excluding tert-OH is 1. The summed E-state index contributed by atoms with van der Waals surface area (Å²) in [6, 6.07) is 40.4. The second-order valence-corrected chi connectivity index (χ2v) is 9.82. The number of hydrogen-bond acceptors (Lipinski definition) is 6. The van der Waals surface area contributed by atoms with E-state index in [9.17, 15) is 5.11 Å². The summed E-state index contributed by atoms with van der Waals surface area (Å²) in [7, 11) is 3.12. The van der Waals surface area contributed by atoms with Crippen molar-refractivity contribution in [3.8, 4) is 0 Å². The van der Waals surface area contributed by atoms with Crippen LogP contribution in [0.4, 0.5) is 0 Å². The van der Waals surface area contributed by atoms with Crippen molar-refractivity contribution in [1.29, 1.82) is 0 Å². The summed E-state index contributed by atoms with van der Waals surface area (Å²) in [6.07, 6.45) is -3.72. The zero-order chi connectivity index (χ0) is 27.8. The van der Waals surface area contributed by atoms with Gasteiger partial charge in [0.15, 0.2) is 6.29 Å². The summed E-state index contributed by atoms with van der Waals surface area (Å²) < 4.78 is 31.0. The maximum Gasteiger partial charge on any atom is 0.184 e. The molecule has 1 N–H and O–H groups in total. The molecule has 0 aliphatic carbocycles. The first kappa shape index (κ1) is 28.2. The van der Waals surface area contributed by atoms with Crippen molar-refractivity contribution < 1.29 is 28.8 Å². The van der Waals surface area contributed by atoms with Crippen molar-refractivity contribution in [2.75, 3.05) is 20.8 Å². The first-order valence-corrected chi connectivity index (χ1v) is 13.5. The lowest BCUT2D eigenvalue weighted by molar-refractivity contribution is -0.308. The van der Waals surface area contributed by atoms with E-state index in [4.69, 9.17) is 23.7 Å². The summed E-state index contributed by atoms with van der Waals surface area (Å²) in [4.78, 5) is 0. The maximum absolute atomic E-state index is 10.9. The SMILES string of the molecule is CO[C@@H]1[C@@H](OC)[C@@H](O)O[C@H](COC(c2ccccc2)(c2ccccc2)c2ccccc2)[C@@H]1OCc1ccccc1. The highest BCUT2D eigenvalue weighted by molar-refractivity contribution is 5.47. The Kier molecular flexibility index (Phi) is 9.39. The molecule has 0 saturated carbocycles. The standard InChI is InChI=1S/C34H36O6/c1-36-31-30(38-23-25-15-7-3-8-16-25)29(40-33(35)32(31)37-2)24-39-34(26-17-9-4-10-18-26,27-19-11-5-12-20-27)28-21-13-6-14-22-28/h3-22,29-33,35H,23-24H2,1-2H3/t29-,30+,31+,32-,33+/m1/s1. The van der Waals surface area contributed by atoms with Crippen molar-refractivity contribution in [3.63, 3.8) is 0 Å². The van der Waals surface area contributed by atoms with Crippen LogP contribution in [0.2, 0.25) is 0 Å². The zero-order valence-corrected chi connectivity index (χ0v) is 22.8. The summed E-state index contributed by atoms with van der Waals surface area (Å²) in [5.74, 6) is 0. The first-order valence-electron chi connectivity index (χ1n) is 13.5. The minimum atomic E-state index is -1.21. The molecule has 208 valence electrons. The molecule has 0 unspecified atom stereocenters. The van der Waals surface area contributed by atoms with E-state index in [2.05, 4.69) is 36.4 Å². The summed E-state index contributed by atoms with van der Waals surface area (Å²) in [5.41, 5.74) is 3.00. The Bertz CT molecular complexity index is 1190. The van der Waals surface area contributed by atoms with Crippen LogP contribution in [0, 0.1) is 0 Å². The van der Waals surface area contributed by atoms with E-state index in [0.29, 0.717) is 6.61 Å². The second-order valence-electron chi connectivity index (χ2n) is 9.82. The molecule has 4 aromatic carbocycles. The van der Waals surface area contributed by atoms with Gasteiger partial charge in [0, 0.05) is 14.2 Å². The summed E-state index contributed by atoms with van der Waals surface area (Å²) in [5, 5.41) is 10.9. The minimum Gasteiger partial charge on any atom is -0.376 e. The van der Waals surface area contributed by atoms with Crippen molar-refractivity contribution in [1.82, 2.24) is 0 Å². The number of hydrogen-bond donors (Lipinski definition) is 1. The molecule has 40 heavy (non-hydrogen) atoms. The molecule has 1 heterocycles. The fraction of sp³-hybridized carbons (Fsp3) is 0.294. The number of methoxy groups -OCH3 is 2. The van der Waals surface area contributed by atoms with Crippen LogP contribution in [0.1, 0.15) is 22.3 Å². The van der Waals surface area contributed by atoms with E-state index in [1.807, 2.05) is 84.9 Å². The lowest BCUT2D eigenvalue weighted by atomic mass is 9.80. The van der Waals surface area contributed by atoms with Gasteiger partial charge >= 0.3 is 0 Å². The molecule has 1 aliphatic heterocycles.